The van der Waals surface area contributed by atoms with Crippen LogP contribution < -0.4 is 4.74 Å². The van der Waals surface area contributed by atoms with Gasteiger partial charge in [-0.1, -0.05) is 39.1 Å². The Labute approximate surface area is 219 Å². The van der Waals surface area contributed by atoms with Crippen molar-refractivity contribution in [2.75, 3.05) is 5.75 Å². The maximum Gasteiger partial charge on any atom is 0.426 e. The van der Waals surface area contributed by atoms with Gasteiger partial charge in [-0.25, -0.2) is 9.59 Å². The molecule has 0 radical (unpaired) electrons. The van der Waals surface area contributed by atoms with Gasteiger partial charge in [0, 0.05) is 4.47 Å². The van der Waals surface area contributed by atoms with Crippen molar-refractivity contribution in [1.82, 2.24) is 0 Å². The van der Waals surface area contributed by atoms with Gasteiger partial charge >= 0.3 is 18.1 Å². The lowest BCUT2D eigenvalue weighted by molar-refractivity contribution is -0.197. The van der Waals surface area contributed by atoms with E-state index >= 15 is 0 Å². The summed E-state index contributed by atoms with van der Waals surface area (Å²) in [6.45, 7) is 0. The van der Waals surface area contributed by atoms with Crippen molar-refractivity contribution < 1.29 is 45.2 Å². The van der Waals surface area contributed by atoms with Crippen LogP contribution >= 0.6 is 71.0 Å². The number of rotatable bonds is 6. The van der Waals surface area contributed by atoms with Crippen LogP contribution in [0.2, 0.25) is 10.0 Å². The Hall–Kier alpha value is -0.900. The lowest BCUT2D eigenvalue weighted by atomic mass is 10.1. The van der Waals surface area contributed by atoms with Gasteiger partial charge in [0.2, 0.25) is 6.10 Å². The van der Waals surface area contributed by atoms with Gasteiger partial charge in [-0.05, 0) is 56.1 Å². The third kappa shape index (κ3) is 7.80. The molecule has 0 fully saturated rings. The van der Waals surface area contributed by atoms with Crippen LogP contribution in [0.1, 0.15) is 20.7 Å². The molecule has 2 rings (SSSR count). The summed E-state index contributed by atoms with van der Waals surface area (Å²) in [6.07, 6.45) is -8.58. The van der Waals surface area contributed by atoms with Gasteiger partial charge in [0.15, 0.2) is 5.75 Å². The summed E-state index contributed by atoms with van der Waals surface area (Å²) in [7, 11) is -5.18. The SMILES string of the molecule is O=C(Oc1c(Br)cc(Br)cc1Br)c1cc(Cl)c(Cl)cc1C(=O)OC(CS(=O)(=O)O)C(F)(F)F. The maximum absolute atomic E-state index is 13.1. The second kappa shape index (κ2) is 10.8. The highest BCUT2D eigenvalue weighted by Crippen LogP contribution is 2.37. The van der Waals surface area contributed by atoms with Crippen molar-refractivity contribution in [3.05, 3.63) is 58.9 Å². The molecule has 1 unspecified atom stereocenters. The molecule has 0 bridgehead atoms. The number of benzene rings is 2. The van der Waals surface area contributed by atoms with E-state index in [1.54, 1.807) is 0 Å². The summed E-state index contributed by atoms with van der Waals surface area (Å²) in [5.41, 5.74) is -1.41. The minimum absolute atomic E-state index is 0.0341. The predicted molar refractivity (Wildman–Crippen MR) is 123 cm³/mol. The lowest BCUT2D eigenvalue weighted by Crippen LogP contribution is -2.39. The first kappa shape index (κ1) is 28.3. The summed E-state index contributed by atoms with van der Waals surface area (Å²) < 4.78 is 80.6. The third-order valence-electron chi connectivity index (χ3n) is 3.63. The number of carbonyl (C=O) groups excluding carboxylic acids is 2. The normalized spacial score (nSPS) is 12.9. The third-order valence-corrected chi connectivity index (χ3v) is 6.72. The van der Waals surface area contributed by atoms with Crippen LogP contribution in [-0.2, 0) is 14.9 Å². The van der Waals surface area contributed by atoms with Crippen LogP contribution in [0.3, 0.4) is 0 Å². The highest BCUT2D eigenvalue weighted by atomic mass is 79.9. The molecule has 0 saturated carbocycles. The molecule has 180 valence electrons. The topological polar surface area (TPSA) is 107 Å². The molecule has 2 aromatic rings. The average molecular weight is 724 g/mol. The molecule has 0 saturated heterocycles. The zero-order valence-corrected chi connectivity index (χ0v) is 22.5. The fraction of sp³-hybridized carbons (Fsp3) is 0.176. The zero-order valence-electron chi connectivity index (χ0n) is 15.4. The van der Waals surface area contributed by atoms with Crippen LogP contribution in [0.25, 0.3) is 0 Å². The van der Waals surface area contributed by atoms with Crippen molar-refractivity contribution in [2.45, 2.75) is 12.3 Å². The molecule has 0 aliphatic heterocycles. The molecular formula is C17H8Br3Cl2F3O7S. The Balaban J connectivity index is 2.47. The lowest BCUT2D eigenvalue weighted by Gasteiger charge is -2.20. The highest BCUT2D eigenvalue weighted by Gasteiger charge is 2.46. The van der Waals surface area contributed by atoms with Crippen LogP contribution in [0.5, 0.6) is 5.75 Å². The van der Waals surface area contributed by atoms with Gasteiger partial charge in [-0.3, -0.25) is 4.55 Å². The first-order valence-electron chi connectivity index (χ1n) is 8.08. The van der Waals surface area contributed by atoms with E-state index < -0.39 is 51.2 Å². The molecule has 33 heavy (non-hydrogen) atoms. The molecule has 1 N–H and O–H groups in total. The molecule has 0 spiro atoms. The maximum atomic E-state index is 13.1. The van der Waals surface area contributed by atoms with Gasteiger partial charge in [0.05, 0.1) is 30.1 Å². The summed E-state index contributed by atoms with van der Waals surface area (Å²) in [4.78, 5) is 25.2. The minimum Gasteiger partial charge on any atom is -0.448 e. The minimum atomic E-state index is -5.35. The first-order valence-corrected chi connectivity index (χ1v) is 12.8. The van der Waals surface area contributed by atoms with E-state index in [9.17, 15) is 31.2 Å². The van der Waals surface area contributed by atoms with E-state index in [1.807, 2.05) is 0 Å². The monoisotopic (exact) mass is 720 g/mol. The molecule has 16 heteroatoms. The Kier molecular flexibility index (Phi) is 9.27. The van der Waals surface area contributed by atoms with E-state index in [0.717, 1.165) is 12.1 Å². The smallest absolute Gasteiger partial charge is 0.426 e. The Morgan fingerprint density at radius 2 is 1.42 bits per heavy atom. The van der Waals surface area contributed by atoms with Crippen molar-refractivity contribution in [3.63, 3.8) is 0 Å². The number of ether oxygens (including phenoxy) is 2. The van der Waals surface area contributed by atoms with E-state index in [1.165, 1.54) is 12.1 Å². The molecule has 0 aliphatic carbocycles. The van der Waals surface area contributed by atoms with Crippen molar-refractivity contribution in [2.24, 2.45) is 0 Å². The van der Waals surface area contributed by atoms with Gasteiger partial charge < -0.3 is 9.47 Å². The predicted octanol–water partition coefficient (Wildman–Crippen LogP) is 6.48. The number of esters is 2. The van der Waals surface area contributed by atoms with E-state index in [0.29, 0.717) is 13.4 Å². The zero-order chi connectivity index (χ0) is 25.3. The number of halogens is 8. The fourth-order valence-electron chi connectivity index (χ4n) is 2.24. The molecule has 2 aromatic carbocycles. The van der Waals surface area contributed by atoms with Crippen molar-refractivity contribution >= 4 is 93.0 Å². The van der Waals surface area contributed by atoms with Gasteiger partial charge in [0.1, 0.15) is 5.75 Å². The number of hydrogen-bond acceptors (Lipinski definition) is 6. The second-order valence-electron chi connectivity index (χ2n) is 6.08. The number of alkyl halides is 3. The quantitative estimate of drug-likeness (QED) is 0.207. The highest BCUT2D eigenvalue weighted by molar-refractivity contribution is 9.11. The Morgan fingerprint density at radius 1 is 0.970 bits per heavy atom. The summed E-state index contributed by atoms with van der Waals surface area (Å²) in [6, 6.07) is 4.69. The molecule has 7 nitrogen and oxygen atoms in total. The van der Waals surface area contributed by atoms with Gasteiger partial charge in [0.25, 0.3) is 10.1 Å². The fourth-order valence-corrected chi connectivity index (χ4v) is 5.63. The largest absolute Gasteiger partial charge is 0.448 e. The van der Waals surface area contributed by atoms with E-state index in [-0.39, 0.29) is 15.8 Å². The van der Waals surface area contributed by atoms with Crippen LogP contribution in [0, 0.1) is 0 Å². The molecule has 0 heterocycles. The van der Waals surface area contributed by atoms with Crippen molar-refractivity contribution in [1.29, 1.82) is 0 Å². The van der Waals surface area contributed by atoms with Gasteiger partial charge in [-0.2, -0.15) is 21.6 Å². The van der Waals surface area contributed by atoms with E-state index in [2.05, 4.69) is 52.5 Å². The molecule has 0 aromatic heterocycles. The molecule has 0 aliphatic rings. The first-order chi connectivity index (χ1) is 15.0. The summed E-state index contributed by atoms with van der Waals surface area (Å²) >= 11 is 21.3. The molecule has 1 atom stereocenters. The molecular weight excluding hydrogens is 716 g/mol. The average Bonchev–Trinajstić information content (AvgIpc) is 2.63. The van der Waals surface area contributed by atoms with Crippen molar-refractivity contribution in [3.8, 4) is 5.75 Å². The number of hydrogen-bond donors (Lipinski definition) is 1. The van der Waals surface area contributed by atoms with Gasteiger partial charge in [-0.15, -0.1) is 0 Å². The second-order valence-corrected chi connectivity index (χ2v) is 11.0. The Bertz CT molecular complexity index is 1200. The van der Waals surface area contributed by atoms with Crippen LogP contribution in [-0.4, -0.2) is 42.9 Å². The standard InChI is InChI=1S/C17H8Br3Cl2F3O7S/c18-6-1-9(19)14(10(20)2-6)32-16(27)8-4-12(22)11(21)3-7(8)15(26)31-13(17(23,24)25)5-33(28,29)30/h1-4,13H,5H2,(H,28,29,30). The summed E-state index contributed by atoms with van der Waals surface area (Å²) in [5.74, 6) is -4.97. The van der Waals surface area contributed by atoms with Crippen LogP contribution in [0.15, 0.2) is 37.7 Å². The summed E-state index contributed by atoms with van der Waals surface area (Å²) in [5, 5.41) is -0.552. The Morgan fingerprint density at radius 3 is 1.85 bits per heavy atom. The molecule has 0 amide bonds. The van der Waals surface area contributed by atoms with E-state index in [4.69, 9.17) is 32.5 Å². The number of carbonyl (C=O) groups is 2. The van der Waals surface area contributed by atoms with Crippen LogP contribution in [0.4, 0.5) is 13.2 Å².